The largest absolute Gasteiger partial charge is 0.487 e. The third-order valence-electron chi connectivity index (χ3n) is 4.81. The highest BCUT2D eigenvalue weighted by Crippen LogP contribution is 2.29. The smallest absolute Gasteiger partial charge is 0.246 e. The van der Waals surface area contributed by atoms with Crippen LogP contribution in [0.1, 0.15) is 37.4 Å². The maximum absolute atomic E-state index is 13.3. The molecular weight excluding hydrogens is 352 g/mol. The van der Waals surface area contributed by atoms with Gasteiger partial charge in [-0.1, -0.05) is 13.8 Å². The topological polar surface area (TPSA) is 77.3 Å². The van der Waals surface area contributed by atoms with Crippen molar-refractivity contribution in [1.82, 2.24) is 19.1 Å². The number of rotatable bonds is 6. The number of aromatic nitrogens is 3. The van der Waals surface area contributed by atoms with Crippen LogP contribution in [-0.4, -0.2) is 46.7 Å². The fourth-order valence-electron chi connectivity index (χ4n) is 3.43. The summed E-state index contributed by atoms with van der Waals surface area (Å²) in [6.45, 7) is 6.57. The second-order valence-electron chi connectivity index (χ2n) is 6.53. The average molecular weight is 378 g/mol. The molecule has 2 aromatic heterocycles. The molecule has 0 saturated carbocycles. The minimum Gasteiger partial charge on any atom is -0.487 e. The first kappa shape index (κ1) is 18.8. The molecule has 0 aromatic carbocycles. The van der Waals surface area contributed by atoms with Gasteiger partial charge in [0.15, 0.2) is 0 Å². The van der Waals surface area contributed by atoms with Gasteiger partial charge in [-0.2, -0.15) is 9.40 Å². The van der Waals surface area contributed by atoms with E-state index in [1.807, 2.05) is 32.9 Å². The first-order chi connectivity index (χ1) is 12.4. The minimum atomic E-state index is -3.58. The maximum Gasteiger partial charge on any atom is 0.246 e. The highest BCUT2D eigenvalue weighted by atomic mass is 32.2. The molecule has 26 heavy (non-hydrogen) atoms. The van der Waals surface area contributed by atoms with Gasteiger partial charge in [-0.15, -0.1) is 0 Å². The van der Waals surface area contributed by atoms with Crippen LogP contribution >= 0.6 is 0 Å². The Bertz CT molecular complexity index is 892. The Morgan fingerprint density at radius 1 is 1.31 bits per heavy atom. The number of nitrogens with zero attached hydrogens (tertiary/aromatic N) is 4. The van der Waals surface area contributed by atoms with Crippen molar-refractivity contribution in [1.29, 1.82) is 0 Å². The minimum absolute atomic E-state index is 0.167. The van der Waals surface area contributed by atoms with E-state index in [1.54, 1.807) is 17.9 Å². The SMILES string of the molecule is CCc1nn(C)c(CC)c1S(=O)(=O)N1CC[C@H](Oc2cccnc2C)C1. The van der Waals surface area contributed by atoms with Crippen molar-refractivity contribution in [3.63, 3.8) is 0 Å². The Labute approximate surface area is 155 Å². The van der Waals surface area contributed by atoms with Gasteiger partial charge in [0.05, 0.1) is 23.6 Å². The summed E-state index contributed by atoms with van der Waals surface area (Å²) in [4.78, 5) is 4.59. The number of sulfonamides is 1. The summed E-state index contributed by atoms with van der Waals surface area (Å²) < 4.78 is 35.8. The summed E-state index contributed by atoms with van der Waals surface area (Å²) in [5.41, 5.74) is 2.20. The van der Waals surface area contributed by atoms with Crippen molar-refractivity contribution in [3.8, 4) is 5.75 Å². The molecule has 3 rings (SSSR count). The predicted molar refractivity (Wildman–Crippen MR) is 98.7 cm³/mol. The quantitative estimate of drug-likeness (QED) is 0.769. The van der Waals surface area contributed by atoms with E-state index in [9.17, 15) is 8.42 Å². The standard InChI is InChI=1S/C18H26N4O3S/c1-5-15-18(16(6-2)21(4)20-15)26(23,24)22-11-9-14(12-22)25-17-8-7-10-19-13(17)3/h7-8,10,14H,5-6,9,11-12H2,1-4H3/t14-/m0/s1. The van der Waals surface area contributed by atoms with Gasteiger partial charge in [-0.05, 0) is 38.3 Å². The van der Waals surface area contributed by atoms with Gasteiger partial charge in [0.25, 0.3) is 0 Å². The maximum atomic E-state index is 13.3. The highest BCUT2D eigenvalue weighted by molar-refractivity contribution is 7.89. The van der Waals surface area contributed by atoms with Gasteiger partial charge in [-0.3, -0.25) is 9.67 Å². The molecule has 3 heterocycles. The number of ether oxygens (including phenoxy) is 1. The number of hydrogen-bond acceptors (Lipinski definition) is 5. The number of hydrogen-bond donors (Lipinski definition) is 0. The molecule has 1 fully saturated rings. The molecule has 1 aliphatic heterocycles. The van der Waals surface area contributed by atoms with Crippen molar-refractivity contribution < 1.29 is 13.2 Å². The van der Waals surface area contributed by atoms with Crippen molar-refractivity contribution in [3.05, 3.63) is 35.4 Å². The molecule has 1 atom stereocenters. The summed E-state index contributed by atoms with van der Waals surface area (Å²) in [6.07, 6.45) is 3.43. The second kappa shape index (κ2) is 7.36. The molecule has 0 bridgehead atoms. The van der Waals surface area contributed by atoms with Gasteiger partial charge in [0.1, 0.15) is 16.7 Å². The lowest BCUT2D eigenvalue weighted by molar-refractivity contribution is 0.213. The van der Waals surface area contributed by atoms with Gasteiger partial charge in [0, 0.05) is 19.8 Å². The third-order valence-corrected chi connectivity index (χ3v) is 6.81. The van der Waals surface area contributed by atoms with E-state index in [1.165, 1.54) is 4.31 Å². The van der Waals surface area contributed by atoms with E-state index in [-0.39, 0.29) is 6.10 Å². The van der Waals surface area contributed by atoms with Crippen LogP contribution in [0.4, 0.5) is 0 Å². The molecule has 0 radical (unpaired) electrons. The van der Waals surface area contributed by atoms with E-state index in [0.717, 1.165) is 11.4 Å². The first-order valence-corrected chi connectivity index (χ1v) is 10.5. The fraction of sp³-hybridized carbons (Fsp3) is 0.556. The van der Waals surface area contributed by atoms with Crippen LogP contribution in [0.25, 0.3) is 0 Å². The van der Waals surface area contributed by atoms with E-state index < -0.39 is 10.0 Å². The zero-order chi connectivity index (χ0) is 18.9. The summed E-state index contributed by atoms with van der Waals surface area (Å²) in [5.74, 6) is 0.710. The lowest BCUT2D eigenvalue weighted by Crippen LogP contribution is -2.32. The van der Waals surface area contributed by atoms with Crippen molar-refractivity contribution >= 4 is 10.0 Å². The predicted octanol–water partition coefficient (Wildman–Crippen LogP) is 2.09. The summed E-state index contributed by atoms with van der Waals surface area (Å²) >= 11 is 0. The Morgan fingerprint density at radius 3 is 2.73 bits per heavy atom. The molecule has 0 unspecified atom stereocenters. The fourth-order valence-corrected chi connectivity index (χ4v) is 5.46. The Kier molecular flexibility index (Phi) is 5.34. The molecule has 1 saturated heterocycles. The molecular formula is C18H26N4O3S. The van der Waals surface area contributed by atoms with Crippen molar-refractivity contribution in [2.45, 2.75) is 51.0 Å². The average Bonchev–Trinajstić information content (AvgIpc) is 3.21. The molecule has 0 N–H and O–H groups in total. The van der Waals surface area contributed by atoms with Gasteiger partial charge >= 0.3 is 0 Å². The Hall–Kier alpha value is -1.93. The Morgan fingerprint density at radius 2 is 2.08 bits per heavy atom. The molecule has 142 valence electrons. The van der Waals surface area contributed by atoms with Crippen LogP contribution in [-0.2, 0) is 29.9 Å². The first-order valence-electron chi connectivity index (χ1n) is 9.01. The van der Waals surface area contributed by atoms with Crippen LogP contribution in [0.2, 0.25) is 0 Å². The third kappa shape index (κ3) is 3.35. The molecule has 2 aromatic rings. The van der Waals surface area contributed by atoms with Crippen molar-refractivity contribution in [2.24, 2.45) is 7.05 Å². The molecule has 7 nitrogen and oxygen atoms in total. The van der Waals surface area contributed by atoms with Gasteiger partial charge in [-0.25, -0.2) is 8.42 Å². The van der Waals surface area contributed by atoms with E-state index in [4.69, 9.17) is 4.74 Å². The lowest BCUT2D eigenvalue weighted by Gasteiger charge is -2.18. The van der Waals surface area contributed by atoms with Gasteiger partial charge in [0.2, 0.25) is 10.0 Å². The summed E-state index contributed by atoms with van der Waals surface area (Å²) in [5, 5.41) is 4.41. The lowest BCUT2D eigenvalue weighted by atomic mass is 10.2. The molecule has 0 spiro atoms. The highest BCUT2D eigenvalue weighted by Gasteiger charge is 2.37. The summed E-state index contributed by atoms with van der Waals surface area (Å²) in [6, 6.07) is 3.69. The molecule has 0 amide bonds. The number of pyridine rings is 1. The molecule has 0 aliphatic carbocycles. The number of aryl methyl sites for hydroxylation is 3. The second-order valence-corrected chi connectivity index (χ2v) is 8.41. The van der Waals surface area contributed by atoms with E-state index >= 15 is 0 Å². The zero-order valence-corrected chi connectivity index (χ0v) is 16.6. The molecule has 8 heteroatoms. The van der Waals surface area contributed by atoms with Crippen LogP contribution in [0.5, 0.6) is 5.75 Å². The van der Waals surface area contributed by atoms with Crippen LogP contribution < -0.4 is 4.74 Å². The van der Waals surface area contributed by atoms with E-state index in [0.29, 0.717) is 48.7 Å². The monoisotopic (exact) mass is 378 g/mol. The Balaban J connectivity index is 1.83. The van der Waals surface area contributed by atoms with E-state index in [2.05, 4.69) is 10.1 Å². The van der Waals surface area contributed by atoms with Gasteiger partial charge < -0.3 is 4.74 Å². The van der Waals surface area contributed by atoms with Crippen LogP contribution in [0, 0.1) is 6.92 Å². The van der Waals surface area contributed by atoms with Crippen LogP contribution in [0.15, 0.2) is 23.2 Å². The normalized spacial score (nSPS) is 18.4. The van der Waals surface area contributed by atoms with Crippen molar-refractivity contribution in [2.75, 3.05) is 13.1 Å². The zero-order valence-electron chi connectivity index (χ0n) is 15.8. The summed E-state index contributed by atoms with van der Waals surface area (Å²) in [7, 11) is -1.78. The van der Waals surface area contributed by atoms with Crippen LogP contribution in [0.3, 0.4) is 0 Å². The molecule has 1 aliphatic rings.